The predicted octanol–water partition coefficient (Wildman–Crippen LogP) is 5.35. The van der Waals surface area contributed by atoms with Crippen LogP contribution in [0.2, 0.25) is 5.02 Å². The summed E-state index contributed by atoms with van der Waals surface area (Å²) in [5.41, 5.74) is 2.88. The molecule has 6 nitrogen and oxygen atoms in total. The molecule has 152 valence electrons. The zero-order chi connectivity index (χ0) is 21.1. The van der Waals surface area contributed by atoms with Crippen molar-refractivity contribution in [3.8, 4) is 28.5 Å². The van der Waals surface area contributed by atoms with Crippen molar-refractivity contribution in [1.82, 2.24) is 15.0 Å². The average molecular weight is 440 g/mol. The molecule has 0 aliphatic rings. The Morgan fingerprint density at radius 2 is 1.77 bits per heavy atom. The molecule has 2 aromatic heterocycles. The maximum atomic E-state index is 12.1. The first kappa shape index (κ1) is 20.3. The van der Waals surface area contributed by atoms with Gasteiger partial charge in [-0.25, -0.2) is 9.97 Å². The van der Waals surface area contributed by atoms with Gasteiger partial charge in [0.05, 0.1) is 18.5 Å². The largest absolute Gasteiger partial charge is 0.497 e. The van der Waals surface area contributed by atoms with Crippen LogP contribution in [-0.2, 0) is 5.75 Å². The first-order chi connectivity index (χ1) is 14.5. The summed E-state index contributed by atoms with van der Waals surface area (Å²) in [5, 5.41) is 1.17. The number of aryl methyl sites for hydroxylation is 1. The lowest BCUT2D eigenvalue weighted by Gasteiger charge is -2.05. The third-order valence-corrected chi connectivity index (χ3v) is 5.57. The van der Waals surface area contributed by atoms with E-state index in [0.29, 0.717) is 27.5 Å². The first-order valence-corrected chi connectivity index (χ1v) is 10.5. The normalized spacial score (nSPS) is 10.9. The van der Waals surface area contributed by atoms with Crippen LogP contribution in [0.1, 0.15) is 11.5 Å². The number of ether oxygens (including phenoxy) is 1. The van der Waals surface area contributed by atoms with Crippen LogP contribution in [0.5, 0.6) is 5.75 Å². The number of nitrogens with zero attached hydrogens (tertiary/aromatic N) is 2. The van der Waals surface area contributed by atoms with Crippen molar-refractivity contribution in [2.45, 2.75) is 17.8 Å². The number of thioether (sulfide) groups is 1. The van der Waals surface area contributed by atoms with Crippen molar-refractivity contribution in [3.63, 3.8) is 0 Å². The number of H-pyrrole nitrogens is 1. The molecule has 0 saturated heterocycles. The van der Waals surface area contributed by atoms with Crippen molar-refractivity contribution in [1.29, 1.82) is 0 Å². The van der Waals surface area contributed by atoms with E-state index in [9.17, 15) is 4.79 Å². The minimum atomic E-state index is -0.211. The van der Waals surface area contributed by atoms with Crippen LogP contribution in [0.25, 0.3) is 22.7 Å². The molecule has 8 heteroatoms. The van der Waals surface area contributed by atoms with Gasteiger partial charge >= 0.3 is 0 Å². The number of benzene rings is 2. The summed E-state index contributed by atoms with van der Waals surface area (Å²) in [7, 11) is 1.61. The predicted molar refractivity (Wildman–Crippen MR) is 118 cm³/mol. The molecule has 4 aromatic rings. The highest BCUT2D eigenvalue weighted by Crippen LogP contribution is 2.28. The zero-order valence-corrected chi connectivity index (χ0v) is 17.9. The van der Waals surface area contributed by atoms with E-state index in [-0.39, 0.29) is 5.56 Å². The SMILES string of the molecule is COc1ccc(-c2cc(=O)[nH]c(SCc3nc(-c4ccc(Cl)cc4)oc3C)n2)cc1. The molecule has 0 amide bonds. The van der Waals surface area contributed by atoms with Gasteiger partial charge in [-0.2, -0.15) is 0 Å². The Bertz CT molecular complexity index is 1220. The second-order valence-corrected chi connectivity index (χ2v) is 7.88. The monoisotopic (exact) mass is 439 g/mol. The van der Waals surface area contributed by atoms with E-state index in [1.54, 1.807) is 19.2 Å². The minimum absolute atomic E-state index is 0.211. The van der Waals surface area contributed by atoms with Gasteiger partial charge in [0.15, 0.2) is 5.16 Å². The molecular weight excluding hydrogens is 422 g/mol. The second-order valence-electron chi connectivity index (χ2n) is 6.48. The Labute approximate surface area is 182 Å². The molecule has 1 N–H and O–H groups in total. The molecule has 4 rings (SSSR count). The highest BCUT2D eigenvalue weighted by Gasteiger charge is 2.13. The van der Waals surface area contributed by atoms with Gasteiger partial charge in [-0.05, 0) is 55.5 Å². The van der Waals surface area contributed by atoms with Crippen LogP contribution >= 0.6 is 23.4 Å². The number of aromatic amines is 1. The Hall–Kier alpha value is -3.03. The van der Waals surface area contributed by atoms with Crippen molar-refractivity contribution in [2.75, 3.05) is 7.11 Å². The van der Waals surface area contributed by atoms with Crippen molar-refractivity contribution >= 4 is 23.4 Å². The summed E-state index contributed by atoms with van der Waals surface area (Å²) >= 11 is 7.34. The Balaban J connectivity index is 1.53. The van der Waals surface area contributed by atoms with E-state index < -0.39 is 0 Å². The maximum absolute atomic E-state index is 12.1. The highest BCUT2D eigenvalue weighted by molar-refractivity contribution is 7.98. The third kappa shape index (κ3) is 4.58. The van der Waals surface area contributed by atoms with E-state index in [2.05, 4.69) is 15.0 Å². The van der Waals surface area contributed by atoms with Gasteiger partial charge in [-0.15, -0.1) is 0 Å². The van der Waals surface area contributed by atoms with Crippen molar-refractivity contribution in [2.24, 2.45) is 0 Å². The zero-order valence-electron chi connectivity index (χ0n) is 16.3. The lowest BCUT2D eigenvalue weighted by atomic mass is 10.1. The smallest absolute Gasteiger partial charge is 0.252 e. The first-order valence-electron chi connectivity index (χ1n) is 9.12. The highest BCUT2D eigenvalue weighted by atomic mass is 35.5. The number of hydrogen-bond donors (Lipinski definition) is 1. The lowest BCUT2D eigenvalue weighted by Crippen LogP contribution is -2.08. The fourth-order valence-electron chi connectivity index (χ4n) is 2.83. The Morgan fingerprint density at radius 3 is 2.47 bits per heavy atom. The molecule has 0 aliphatic carbocycles. The second kappa shape index (κ2) is 8.77. The summed E-state index contributed by atoms with van der Waals surface area (Å²) in [4.78, 5) is 24.1. The van der Waals surface area contributed by atoms with E-state index in [0.717, 1.165) is 28.3 Å². The average Bonchev–Trinajstić information content (AvgIpc) is 3.13. The van der Waals surface area contributed by atoms with Gasteiger partial charge < -0.3 is 14.1 Å². The van der Waals surface area contributed by atoms with E-state index >= 15 is 0 Å². The topological polar surface area (TPSA) is 81.0 Å². The fraction of sp³-hybridized carbons (Fsp3) is 0.136. The van der Waals surface area contributed by atoms with Gasteiger partial charge in [0.25, 0.3) is 5.56 Å². The summed E-state index contributed by atoms with van der Waals surface area (Å²) in [6.07, 6.45) is 0. The van der Waals surface area contributed by atoms with Gasteiger partial charge in [0.1, 0.15) is 11.5 Å². The van der Waals surface area contributed by atoms with Crippen LogP contribution in [0.3, 0.4) is 0 Å². The number of aromatic nitrogens is 3. The maximum Gasteiger partial charge on any atom is 0.252 e. The van der Waals surface area contributed by atoms with Gasteiger partial charge in [0.2, 0.25) is 5.89 Å². The molecule has 0 unspecified atom stereocenters. The molecule has 30 heavy (non-hydrogen) atoms. The van der Waals surface area contributed by atoms with Gasteiger partial charge in [-0.1, -0.05) is 23.4 Å². The molecule has 0 saturated carbocycles. The molecule has 0 spiro atoms. The number of nitrogens with one attached hydrogen (secondary N) is 1. The molecule has 0 fully saturated rings. The third-order valence-electron chi connectivity index (χ3n) is 4.44. The van der Waals surface area contributed by atoms with E-state index in [1.165, 1.54) is 17.8 Å². The van der Waals surface area contributed by atoms with E-state index in [4.69, 9.17) is 20.8 Å². The molecule has 0 aliphatic heterocycles. The summed E-state index contributed by atoms with van der Waals surface area (Å²) in [5.74, 6) is 2.52. The summed E-state index contributed by atoms with van der Waals surface area (Å²) in [6, 6.07) is 16.2. The molecule has 0 bridgehead atoms. The van der Waals surface area contributed by atoms with Crippen molar-refractivity contribution in [3.05, 3.63) is 81.4 Å². The van der Waals surface area contributed by atoms with Gasteiger partial charge in [0, 0.05) is 28.0 Å². The standard InChI is InChI=1S/C22H18ClN3O3S/c1-13-19(24-21(29-13)15-3-7-16(23)8-4-15)12-30-22-25-18(11-20(27)26-22)14-5-9-17(28-2)10-6-14/h3-11H,12H2,1-2H3,(H,25,26,27). The molecule has 0 atom stereocenters. The van der Waals surface area contributed by atoms with Crippen molar-refractivity contribution < 1.29 is 9.15 Å². The quantitative estimate of drug-likeness (QED) is 0.322. The number of hydrogen-bond acceptors (Lipinski definition) is 6. The molecule has 2 heterocycles. The van der Waals surface area contributed by atoms with Gasteiger partial charge in [-0.3, -0.25) is 4.79 Å². The number of oxazole rings is 1. The van der Waals surface area contributed by atoms with Crippen LogP contribution < -0.4 is 10.3 Å². The molecule has 2 aromatic carbocycles. The lowest BCUT2D eigenvalue weighted by molar-refractivity contribution is 0.415. The molecular formula is C22H18ClN3O3S. The Kier molecular flexibility index (Phi) is 5.92. The molecule has 0 radical (unpaired) electrons. The number of methoxy groups -OCH3 is 1. The summed E-state index contributed by atoms with van der Waals surface area (Å²) in [6.45, 7) is 1.87. The fourth-order valence-corrected chi connectivity index (χ4v) is 3.83. The van der Waals surface area contributed by atoms with Crippen LogP contribution in [0.4, 0.5) is 0 Å². The van der Waals surface area contributed by atoms with E-state index in [1.807, 2.05) is 43.3 Å². The van der Waals surface area contributed by atoms with Crippen LogP contribution in [0, 0.1) is 6.92 Å². The summed E-state index contributed by atoms with van der Waals surface area (Å²) < 4.78 is 11.0. The number of rotatable bonds is 6. The van der Waals surface area contributed by atoms with Crippen LogP contribution in [0.15, 0.2) is 69.0 Å². The Morgan fingerprint density at radius 1 is 1.07 bits per heavy atom. The van der Waals surface area contributed by atoms with Crippen LogP contribution in [-0.4, -0.2) is 22.1 Å². The minimum Gasteiger partial charge on any atom is -0.497 e. The number of halogens is 1.